The van der Waals surface area contributed by atoms with Crippen LogP contribution in [-0.4, -0.2) is 9.97 Å². The summed E-state index contributed by atoms with van der Waals surface area (Å²) in [5.74, 6) is 1.73. The minimum Gasteiger partial charge on any atom is -0.439 e. The summed E-state index contributed by atoms with van der Waals surface area (Å²) in [7, 11) is 0. The Bertz CT molecular complexity index is 945. The van der Waals surface area contributed by atoms with Gasteiger partial charge in [-0.3, -0.25) is 0 Å². The van der Waals surface area contributed by atoms with Gasteiger partial charge in [0.1, 0.15) is 11.6 Å². The Morgan fingerprint density at radius 3 is 2.18 bits per heavy atom. The van der Waals surface area contributed by atoms with Gasteiger partial charge in [0.2, 0.25) is 5.88 Å². The monoisotopic (exact) mass is 396 g/mol. The van der Waals surface area contributed by atoms with E-state index in [4.69, 9.17) is 9.72 Å². The van der Waals surface area contributed by atoms with Crippen molar-refractivity contribution in [2.24, 2.45) is 0 Å². The second-order valence-electron chi connectivity index (χ2n) is 7.96. The van der Waals surface area contributed by atoms with Crippen LogP contribution in [0.25, 0.3) is 0 Å². The lowest BCUT2D eigenvalue weighted by Gasteiger charge is -2.19. The van der Waals surface area contributed by atoms with Gasteiger partial charge in [-0.2, -0.15) is 4.98 Å². The lowest BCUT2D eigenvalue weighted by Crippen LogP contribution is -2.14. The van der Waals surface area contributed by atoms with Gasteiger partial charge in [0.15, 0.2) is 5.16 Å². The molecule has 0 aliphatic carbocycles. The van der Waals surface area contributed by atoms with Crippen molar-refractivity contribution in [3.8, 4) is 11.6 Å². The molecule has 2 aromatic carbocycles. The first-order valence-corrected chi connectivity index (χ1v) is 10.2. The summed E-state index contributed by atoms with van der Waals surface area (Å²) >= 11 is 1.52. The van der Waals surface area contributed by atoms with Crippen LogP contribution in [0, 0.1) is 19.7 Å². The number of halogens is 1. The van der Waals surface area contributed by atoms with Crippen LogP contribution < -0.4 is 4.74 Å². The molecule has 0 fully saturated rings. The third-order valence-electron chi connectivity index (χ3n) is 4.15. The van der Waals surface area contributed by atoms with E-state index in [-0.39, 0.29) is 11.2 Å². The minimum absolute atomic E-state index is 0.130. The second-order valence-corrected chi connectivity index (χ2v) is 8.91. The maximum atomic E-state index is 13.1. The first-order chi connectivity index (χ1) is 13.2. The molecule has 3 rings (SSSR count). The lowest BCUT2D eigenvalue weighted by atomic mass is 9.92. The highest BCUT2D eigenvalue weighted by Crippen LogP contribution is 2.30. The molecule has 0 aliphatic rings. The number of thioether (sulfide) groups is 1. The number of nitrogens with zero attached hydrogens (tertiary/aromatic N) is 2. The van der Waals surface area contributed by atoms with E-state index in [9.17, 15) is 4.39 Å². The molecular weight excluding hydrogens is 371 g/mol. The van der Waals surface area contributed by atoms with Crippen LogP contribution in [-0.2, 0) is 11.2 Å². The molecule has 0 atom stereocenters. The highest BCUT2D eigenvalue weighted by atomic mass is 32.2. The Morgan fingerprint density at radius 2 is 1.57 bits per heavy atom. The highest BCUT2D eigenvalue weighted by molar-refractivity contribution is 7.98. The number of ether oxygens (including phenoxy) is 1. The van der Waals surface area contributed by atoms with Crippen molar-refractivity contribution >= 4 is 11.8 Å². The Morgan fingerprint density at radius 1 is 0.929 bits per heavy atom. The molecule has 0 radical (unpaired) electrons. The van der Waals surface area contributed by atoms with Gasteiger partial charge in [-0.15, -0.1) is 0 Å². The smallest absolute Gasteiger partial charge is 0.223 e. The third-order valence-corrected chi connectivity index (χ3v) is 5.07. The zero-order valence-electron chi connectivity index (χ0n) is 16.9. The lowest BCUT2D eigenvalue weighted by molar-refractivity contribution is 0.446. The number of rotatable bonds is 5. The zero-order chi connectivity index (χ0) is 20.3. The van der Waals surface area contributed by atoms with E-state index in [1.807, 2.05) is 32.0 Å². The topological polar surface area (TPSA) is 35.0 Å². The Balaban J connectivity index is 1.87. The highest BCUT2D eigenvalue weighted by Gasteiger charge is 2.19. The van der Waals surface area contributed by atoms with Crippen LogP contribution in [0.4, 0.5) is 4.39 Å². The van der Waals surface area contributed by atoms with E-state index in [0.29, 0.717) is 16.8 Å². The van der Waals surface area contributed by atoms with Gasteiger partial charge < -0.3 is 4.74 Å². The normalized spacial score (nSPS) is 11.5. The fraction of sp³-hybridized carbons (Fsp3) is 0.304. The summed E-state index contributed by atoms with van der Waals surface area (Å²) in [5, 5.41) is 0.649. The summed E-state index contributed by atoms with van der Waals surface area (Å²) in [6, 6.07) is 14.5. The molecular formula is C23H25FN2OS. The predicted molar refractivity (Wildman–Crippen MR) is 113 cm³/mol. The summed E-state index contributed by atoms with van der Waals surface area (Å²) in [4.78, 5) is 9.30. The van der Waals surface area contributed by atoms with Crippen molar-refractivity contribution in [2.45, 2.75) is 50.9 Å². The van der Waals surface area contributed by atoms with E-state index < -0.39 is 0 Å². The fourth-order valence-corrected chi connectivity index (χ4v) is 3.55. The Kier molecular flexibility index (Phi) is 6.04. The maximum Gasteiger partial charge on any atom is 0.223 e. The van der Waals surface area contributed by atoms with Crippen molar-refractivity contribution in [3.05, 3.63) is 76.7 Å². The number of hydrogen-bond acceptors (Lipinski definition) is 4. The standard InChI is InChI=1S/C23H25FN2OS/c1-15-10-16(2)12-19(11-15)27-21-13-20(23(3,4)5)25-22(26-21)28-14-17-6-8-18(24)9-7-17/h6-13H,14H2,1-5H3. The molecule has 5 heteroatoms. The molecule has 0 N–H and O–H groups in total. The molecule has 0 saturated heterocycles. The van der Waals surface area contributed by atoms with Gasteiger partial charge in [0.25, 0.3) is 0 Å². The molecule has 146 valence electrons. The van der Waals surface area contributed by atoms with Crippen molar-refractivity contribution in [3.63, 3.8) is 0 Å². The van der Waals surface area contributed by atoms with Gasteiger partial charge in [-0.1, -0.05) is 50.7 Å². The number of benzene rings is 2. The van der Waals surface area contributed by atoms with E-state index in [2.05, 4.69) is 31.8 Å². The largest absolute Gasteiger partial charge is 0.439 e. The van der Waals surface area contributed by atoms with Crippen molar-refractivity contribution < 1.29 is 9.13 Å². The van der Waals surface area contributed by atoms with Crippen molar-refractivity contribution in [2.75, 3.05) is 0 Å². The molecule has 0 amide bonds. The molecule has 1 heterocycles. The van der Waals surface area contributed by atoms with Crippen LogP contribution in [0.1, 0.15) is 43.2 Å². The molecule has 0 unspecified atom stereocenters. The van der Waals surface area contributed by atoms with Gasteiger partial charge in [-0.05, 0) is 54.8 Å². The van der Waals surface area contributed by atoms with Crippen LogP contribution in [0.15, 0.2) is 53.7 Å². The van der Waals surface area contributed by atoms with E-state index in [1.165, 1.54) is 23.9 Å². The number of aromatic nitrogens is 2. The fourth-order valence-electron chi connectivity index (χ4n) is 2.75. The summed E-state index contributed by atoms with van der Waals surface area (Å²) in [5.41, 5.74) is 4.10. The van der Waals surface area contributed by atoms with Crippen LogP contribution >= 0.6 is 11.8 Å². The van der Waals surface area contributed by atoms with E-state index >= 15 is 0 Å². The van der Waals surface area contributed by atoms with Gasteiger partial charge in [-0.25, -0.2) is 9.37 Å². The van der Waals surface area contributed by atoms with Gasteiger partial charge in [0.05, 0.1) is 5.69 Å². The molecule has 0 bridgehead atoms. The summed E-state index contributed by atoms with van der Waals surface area (Å²) in [6.07, 6.45) is 0. The molecule has 3 aromatic rings. The predicted octanol–water partition coefficient (Wildman–Crippen LogP) is 6.61. The Labute approximate surface area is 170 Å². The average molecular weight is 397 g/mol. The SMILES string of the molecule is Cc1cc(C)cc(Oc2cc(C(C)(C)C)nc(SCc3ccc(F)cc3)n2)c1. The third kappa shape index (κ3) is 5.55. The van der Waals surface area contributed by atoms with E-state index in [0.717, 1.165) is 28.1 Å². The van der Waals surface area contributed by atoms with Crippen molar-refractivity contribution in [1.82, 2.24) is 9.97 Å². The van der Waals surface area contributed by atoms with Crippen molar-refractivity contribution in [1.29, 1.82) is 0 Å². The molecule has 3 nitrogen and oxygen atoms in total. The average Bonchev–Trinajstić information content (AvgIpc) is 2.59. The Hall–Kier alpha value is -2.40. The first-order valence-electron chi connectivity index (χ1n) is 9.22. The molecule has 28 heavy (non-hydrogen) atoms. The molecule has 0 spiro atoms. The van der Waals surface area contributed by atoms with E-state index in [1.54, 1.807) is 12.1 Å². The number of hydrogen-bond donors (Lipinski definition) is 0. The first kappa shape index (κ1) is 20.3. The second kappa shape index (κ2) is 8.31. The molecule has 1 aromatic heterocycles. The van der Waals surface area contributed by atoms with Gasteiger partial charge >= 0.3 is 0 Å². The van der Waals surface area contributed by atoms with Gasteiger partial charge in [0, 0.05) is 17.2 Å². The summed E-state index contributed by atoms with van der Waals surface area (Å²) in [6.45, 7) is 10.4. The number of aryl methyl sites for hydroxylation is 2. The zero-order valence-corrected chi connectivity index (χ0v) is 17.7. The van der Waals surface area contributed by atoms with Crippen LogP contribution in [0.2, 0.25) is 0 Å². The van der Waals surface area contributed by atoms with Crippen LogP contribution in [0.3, 0.4) is 0 Å². The van der Waals surface area contributed by atoms with Crippen LogP contribution in [0.5, 0.6) is 11.6 Å². The maximum absolute atomic E-state index is 13.1. The molecule has 0 aliphatic heterocycles. The quantitative estimate of drug-likeness (QED) is 0.359. The summed E-state index contributed by atoms with van der Waals surface area (Å²) < 4.78 is 19.2. The minimum atomic E-state index is -0.233. The molecule has 0 saturated carbocycles.